The van der Waals surface area contributed by atoms with E-state index in [2.05, 4.69) is 34.1 Å². The number of β-amino-alcohol motifs (C(OH)–C–C–N with tert-alkyl or cyclic N) is 1. The molecule has 2 heterocycles. The Kier molecular flexibility index (Phi) is 11.1. The van der Waals surface area contributed by atoms with Crippen LogP contribution in [-0.4, -0.2) is 66.9 Å². The van der Waals surface area contributed by atoms with Crippen molar-refractivity contribution in [3.05, 3.63) is 82.2 Å². The van der Waals surface area contributed by atoms with Gasteiger partial charge in [0.1, 0.15) is 24.0 Å². The molecule has 0 radical (unpaired) electrons. The van der Waals surface area contributed by atoms with Crippen LogP contribution in [-0.2, 0) is 0 Å². The number of aliphatic hydroxyl groups excluding tert-OH is 1. The van der Waals surface area contributed by atoms with Gasteiger partial charge in [0.05, 0.1) is 0 Å². The summed E-state index contributed by atoms with van der Waals surface area (Å²) in [5.74, 6) is 0.584. The van der Waals surface area contributed by atoms with Gasteiger partial charge in [0.15, 0.2) is 0 Å². The molecule has 0 spiro atoms. The number of aryl methyl sites for hydroxylation is 1. The number of aliphatic hydroxyl groups is 1. The van der Waals surface area contributed by atoms with Gasteiger partial charge in [-0.15, -0.1) is 24.8 Å². The van der Waals surface area contributed by atoms with Crippen molar-refractivity contribution in [1.82, 2.24) is 9.80 Å². The second-order valence-corrected chi connectivity index (χ2v) is 8.29. The smallest absolute Gasteiger partial charge is 0.336 e. The molecule has 0 unspecified atom stereocenters. The number of hydrogen-bond acceptors (Lipinski definition) is 6. The van der Waals surface area contributed by atoms with Crippen LogP contribution in [0.5, 0.6) is 5.75 Å². The van der Waals surface area contributed by atoms with Gasteiger partial charge >= 0.3 is 5.63 Å². The number of piperazine rings is 1. The SMILES string of the molecule is Cc1cc(=O)oc2cc(OC[C@@H](O)CN3CCN(C/C=C/c4ccccc4)CC3)ccc12.Cl.Cl. The van der Waals surface area contributed by atoms with Crippen LogP contribution in [0.1, 0.15) is 11.1 Å². The topological polar surface area (TPSA) is 66.2 Å². The van der Waals surface area contributed by atoms with Crippen molar-refractivity contribution in [3.63, 3.8) is 0 Å². The maximum Gasteiger partial charge on any atom is 0.336 e. The fourth-order valence-electron chi connectivity index (χ4n) is 3.99. The predicted octanol–water partition coefficient (Wildman–Crippen LogP) is 4.02. The van der Waals surface area contributed by atoms with Crippen molar-refractivity contribution in [3.8, 4) is 5.75 Å². The van der Waals surface area contributed by atoms with Crippen LogP contribution in [0.3, 0.4) is 0 Å². The molecule has 34 heavy (non-hydrogen) atoms. The van der Waals surface area contributed by atoms with Gasteiger partial charge in [-0.1, -0.05) is 42.5 Å². The maximum absolute atomic E-state index is 11.6. The zero-order chi connectivity index (χ0) is 22.3. The first-order valence-corrected chi connectivity index (χ1v) is 11.1. The van der Waals surface area contributed by atoms with Crippen LogP contribution in [0.15, 0.2) is 69.9 Å². The number of nitrogens with zero attached hydrogens (tertiary/aromatic N) is 2. The Morgan fingerprint density at radius 1 is 1.03 bits per heavy atom. The summed E-state index contributed by atoms with van der Waals surface area (Å²) in [5.41, 5.74) is 2.22. The van der Waals surface area contributed by atoms with Gasteiger partial charge in [0.2, 0.25) is 0 Å². The fraction of sp³-hybridized carbons (Fsp3) is 0.346. The molecule has 6 nitrogen and oxygen atoms in total. The van der Waals surface area contributed by atoms with Gasteiger partial charge in [0, 0.05) is 56.8 Å². The molecule has 0 saturated carbocycles. The first-order chi connectivity index (χ1) is 15.6. The standard InChI is InChI=1S/C26H30N2O4.2ClH/c1-20-16-26(30)32-25-17-23(9-10-24(20)25)31-19-22(29)18-28-14-12-27(13-15-28)11-5-8-21-6-3-2-4-7-21;;/h2-10,16-17,22,29H,11-15,18-19H2,1H3;2*1H/b8-5+;;/t22-;;/m0../s1. The largest absolute Gasteiger partial charge is 0.491 e. The molecule has 8 heteroatoms. The quantitative estimate of drug-likeness (QED) is 0.465. The van der Waals surface area contributed by atoms with E-state index in [1.165, 1.54) is 11.6 Å². The van der Waals surface area contributed by atoms with E-state index in [1.54, 1.807) is 6.07 Å². The van der Waals surface area contributed by atoms with Gasteiger partial charge in [-0.2, -0.15) is 0 Å². The monoisotopic (exact) mass is 506 g/mol. The van der Waals surface area contributed by atoms with Gasteiger partial charge in [-0.05, 0) is 30.2 Å². The second kappa shape index (κ2) is 13.5. The van der Waals surface area contributed by atoms with E-state index in [9.17, 15) is 9.90 Å². The Labute approximate surface area is 212 Å². The van der Waals surface area contributed by atoms with E-state index in [0.29, 0.717) is 17.9 Å². The van der Waals surface area contributed by atoms with Gasteiger partial charge in [-0.25, -0.2) is 4.79 Å². The van der Waals surface area contributed by atoms with E-state index in [4.69, 9.17) is 9.15 Å². The Bertz CT molecular complexity index is 1110. The second-order valence-electron chi connectivity index (χ2n) is 8.29. The molecule has 184 valence electrons. The minimum absolute atomic E-state index is 0. The summed E-state index contributed by atoms with van der Waals surface area (Å²) in [5, 5.41) is 11.3. The molecule has 0 bridgehead atoms. The Hall–Kier alpha value is -2.35. The highest BCUT2D eigenvalue weighted by molar-refractivity contribution is 5.85. The number of halogens is 2. The van der Waals surface area contributed by atoms with Crippen molar-refractivity contribution in [2.75, 3.05) is 45.9 Å². The average molecular weight is 507 g/mol. The predicted molar refractivity (Wildman–Crippen MR) is 142 cm³/mol. The molecular formula is C26H32Cl2N2O4. The molecule has 1 aliphatic heterocycles. The summed E-state index contributed by atoms with van der Waals surface area (Å²) >= 11 is 0. The molecule has 0 amide bonds. The summed E-state index contributed by atoms with van der Waals surface area (Å²) in [6, 6.07) is 17.2. The molecule has 2 aromatic carbocycles. The van der Waals surface area contributed by atoms with Crippen molar-refractivity contribution in [2.24, 2.45) is 0 Å². The lowest BCUT2D eigenvalue weighted by Crippen LogP contribution is -2.49. The van der Waals surface area contributed by atoms with Crippen molar-refractivity contribution in [1.29, 1.82) is 0 Å². The van der Waals surface area contributed by atoms with Gasteiger partial charge in [0.25, 0.3) is 0 Å². The molecule has 1 N–H and O–H groups in total. The molecule has 4 rings (SSSR count). The fourth-order valence-corrected chi connectivity index (χ4v) is 3.99. The molecule has 1 aromatic heterocycles. The highest BCUT2D eigenvalue weighted by Gasteiger charge is 2.19. The molecule has 1 fully saturated rings. The van der Waals surface area contributed by atoms with E-state index < -0.39 is 6.10 Å². The van der Waals surface area contributed by atoms with E-state index in [0.717, 1.165) is 43.7 Å². The molecule has 1 aliphatic rings. The molecular weight excluding hydrogens is 475 g/mol. The minimum atomic E-state index is -0.584. The number of ether oxygens (including phenoxy) is 1. The van der Waals surface area contributed by atoms with E-state index in [1.807, 2.05) is 37.3 Å². The van der Waals surface area contributed by atoms with Crippen LogP contribution in [0.2, 0.25) is 0 Å². The minimum Gasteiger partial charge on any atom is -0.491 e. The van der Waals surface area contributed by atoms with E-state index >= 15 is 0 Å². The summed E-state index contributed by atoms with van der Waals surface area (Å²) in [6.07, 6.45) is 3.79. The summed E-state index contributed by atoms with van der Waals surface area (Å²) in [4.78, 5) is 16.3. The van der Waals surface area contributed by atoms with Crippen molar-refractivity contribution >= 4 is 41.9 Å². The van der Waals surface area contributed by atoms with Gasteiger partial charge in [-0.3, -0.25) is 9.80 Å². The molecule has 3 aromatic rings. The molecule has 1 atom stereocenters. The Balaban J connectivity index is 0.00000204. The first-order valence-electron chi connectivity index (χ1n) is 11.1. The van der Waals surface area contributed by atoms with Crippen molar-refractivity contribution in [2.45, 2.75) is 13.0 Å². The number of rotatable bonds is 8. The number of benzene rings is 2. The lowest BCUT2D eigenvalue weighted by molar-refractivity contribution is 0.0482. The van der Waals surface area contributed by atoms with Crippen LogP contribution in [0, 0.1) is 6.92 Å². The highest BCUT2D eigenvalue weighted by Crippen LogP contribution is 2.22. The lowest BCUT2D eigenvalue weighted by atomic mass is 10.1. The highest BCUT2D eigenvalue weighted by atomic mass is 35.5. The van der Waals surface area contributed by atoms with Crippen LogP contribution in [0.25, 0.3) is 17.0 Å². The van der Waals surface area contributed by atoms with Crippen LogP contribution in [0.4, 0.5) is 0 Å². The summed E-state index contributed by atoms with van der Waals surface area (Å²) < 4.78 is 11.0. The average Bonchev–Trinajstić information content (AvgIpc) is 2.79. The van der Waals surface area contributed by atoms with Crippen LogP contribution >= 0.6 is 24.8 Å². The van der Waals surface area contributed by atoms with Gasteiger partial charge < -0.3 is 14.3 Å². The van der Waals surface area contributed by atoms with Crippen LogP contribution < -0.4 is 10.4 Å². The van der Waals surface area contributed by atoms with E-state index in [-0.39, 0.29) is 37.0 Å². The number of fused-ring (bicyclic) bond motifs is 1. The lowest BCUT2D eigenvalue weighted by Gasteiger charge is -2.35. The van der Waals surface area contributed by atoms with Crippen molar-refractivity contribution < 1.29 is 14.3 Å². The third-order valence-corrected chi connectivity index (χ3v) is 5.77. The number of hydrogen-bond donors (Lipinski definition) is 1. The third-order valence-electron chi connectivity index (χ3n) is 5.77. The summed E-state index contributed by atoms with van der Waals surface area (Å²) in [6.45, 7) is 7.41. The zero-order valence-corrected chi connectivity index (χ0v) is 20.9. The normalized spacial score (nSPS) is 15.6. The maximum atomic E-state index is 11.6. The Morgan fingerprint density at radius 3 is 2.47 bits per heavy atom. The zero-order valence-electron chi connectivity index (χ0n) is 19.3. The third kappa shape index (κ3) is 7.86. The Morgan fingerprint density at radius 2 is 1.74 bits per heavy atom. The molecule has 0 aliphatic carbocycles. The summed E-state index contributed by atoms with van der Waals surface area (Å²) in [7, 11) is 0. The molecule has 1 saturated heterocycles. The first kappa shape index (κ1) is 27.9.